The van der Waals surface area contributed by atoms with Gasteiger partial charge in [-0.15, -0.1) is 12.6 Å². The average molecular weight is 259 g/mol. The number of carbonyl (C=O) groups is 1. The van der Waals surface area contributed by atoms with E-state index >= 15 is 0 Å². The lowest BCUT2D eigenvalue weighted by atomic mass is 10.2. The van der Waals surface area contributed by atoms with Crippen molar-refractivity contribution in [2.45, 2.75) is 4.90 Å². The van der Waals surface area contributed by atoms with E-state index < -0.39 is 5.82 Å². The second-order valence-corrected chi connectivity index (χ2v) is 4.85. The number of halogens is 1. The first-order valence-electron chi connectivity index (χ1n) is 4.79. The molecule has 0 aromatic heterocycles. The summed E-state index contributed by atoms with van der Waals surface area (Å²) < 4.78 is 13.0. The Kier molecular flexibility index (Phi) is 5.15. The monoisotopic (exact) mass is 259 g/mol. The van der Waals surface area contributed by atoms with E-state index in [9.17, 15) is 9.18 Å². The molecule has 1 aromatic rings. The van der Waals surface area contributed by atoms with Crippen molar-refractivity contribution in [2.24, 2.45) is 0 Å². The highest BCUT2D eigenvalue weighted by atomic mass is 32.2. The van der Waals surface area contributed by atoms with Crippen molar-refractivity contribution in [2.75, 3.05) is 25.6 Å². The number of hydrogen-bond donors (Lipinski definition) is 1. The predicted octanol–water partition coefficient (Wildman–Crippen LogP) is 2.55. The Morgan fingerprint density at radius 1 is 1.56 bits per heavy atom. The minimum atomic E-state index is -0.411. The molecule has 0 unspecified atom stereocenters. The Balaban J connectivity index is 2.76. The molecule has 0 saturated heterocycles. The minimum Gasteiger partial charge on any atom is -0.341 e. The molecule has 0 bridgehead atoms. The summed E-state index contributed by atoms with van der Waals surface area (Å²) in [5.74, 6) is 0.368. The number of amides is 1. The molecule has 0 atom stereocenters. The van der Waals surface area contributed by atoms with E-state index in [-0.39, 0.29) is 10.8 Å². The third kappa shape index (κ3) is 3.42. The Bertz CT molecular complexity index is 384. The van der Waals surface area contributed by atoms with Crippen LogP contribution in [0.3, 0.4) is 0 Å². The first-order valence-corrected chi connectivity index (χ1v) is 6.63. The molecule has 2 nitrogen and oxygen atoms in total. The van der Waals surface area contributed by atoms with E-state index in [1.165, 1.54) is 18.2 Å². The van der Waals surface area contributed by atoms with Gasteiger partial charge in [-0.25, -0.2) is 4.39 Å². The summed E-state index contributed by atoms with van der Waals surface area (Å²) in [4.78, 5) is 13.7. The van der Waals surface area contributed by atoms with E-state index in [1.807, 2.05) is 6.26 Å². The van der Waals surface area contributed by atoms with Crippen LogP contribution in [0.5, 0.6) is 0 Å². The minimum absolute atomic E-state index is 0.107. The molecular formula is C11H14FNOS2. The van der Waals surface area contributed by atoms with E-state index in [1.54, 1.807) is 23.7 Å². The first-order chi connectivity index (χ1) is 7.56. The number of nitrogens with zero attached hydrogens (tertiary/aromatic N) is 1. The maximum atomic E-state index is 13.0. The number of benzene rings is 1. The van der Waals surface area contributed by atoms with E-state index in [2.05, 4.69) is 12.6 Å². The van der Waals surface area contributed by atoms with Gasteiger partial charge in [0.1, 0.15) is 5.82 Å². The number of rotatable bonds is 4. The van der Waals surface area contributed by atoms with E-state index in [0.717, 1.165) is 5.75 Å². The zero-order valence-electron chi connectivity index (χ0n) is 9.24. The Morgan fingerprint density at radius 3 is 2.81 bits per heavy atom. The second kappa shape index (κ2) is 6.15. The number of thiol groups is 1. The number of hydrogen-bond acceptors (Lipinski definition) is 3. The lowest BCUT2D eigenvalue weighted by Gasteiger charge is -2.16. The van der Waals surface area contributed by atoms with Gasteiger partial charge in [-0.1, -0.05) is 0 Å². The van der Waals surface area contributed by atoms with E-state index in [4.69, 9.17) is 0 Å². The van der Waals surface area contributed by atoms with E-state index in [0.29, 0.717) is 12.1 Å². The lowest BCUT2D eigenvalue weighted by Crippen LogP contribution is -2.28. The molecule has 0 aliphatic heterocycles. The average Bonchev–Trinajstić information content (AvgIpc) is 2.28. The second-order valence-electron chi connectivity index (χ2n) is 3.39. The molecule has 0 saturated carbocycles. The highest BCUT2D eigenvalue weighted by Gasteiger charge is 2.12. The molecule has 0 aliphatic carbocycles. The third-order valence-corrected chi connectivity index (χ3v) is 3.10. The summed E-state index contributed by atoms with van der Waals surface area (Å²) in [7, 11) is 1.74. The maximum absolute atomic E-state index is 13.0. The van der Waals surface area contributed by atoms with Crippen LogP contribution in [0.2, 0.25) is 0 Å². The van der Waals surface area contributed by atoms with Crippen LogP contribution in [0.4, 0.5) is 4.39 Å². The highest BCUT2D eigenvalue weighted by molar-refractivity contribution is 7.98. The summed E-state index contributed by atoms with van der Waals surface area (Å²) in [5, 5.41) is 0. The fourth-order valence-corrected chi connectivity index (χ4v) is 1.87. The standard InChI is InChI=1S/C11H14FNOS2/c1-13(5-6-16-2)11(14)8-3-4-9(12)10(15)7-8/h3-4,7,15H,5-6H2,1-2H3. The third-order valence-electron chi connectivity index (χ3n) is 2.17. The zero-order chi connectivity index (χ0) is 12.1. The molecule has 88 valence electrons. The van der Waals surface area contributed by atoms with Gasteiger partial charge in [0.15, 0.2) is 0 Å². The van der Waals surface area contributed by atoms with Gasteiger partial charge in [-0.2, -0.15) is 11.8 Å². The molecule has 0 fully saturated rings. The van der Waals surface area contributed by atoms with Gasteiger partial charge >= 0.3 is 0 Å². The summed E-state index contributed by atoms with van der Waals surface area (Å²) in [6, 6.07) is 4.20. The Morgan fingerprint density at radius 2 is 2.25 bits per heavy atom. The Labute approximate surface area is 105 Å². The van der Waals surface area contributed by atoms with Crippen LogP contribution in [-0.2, 0) is 0 Å². The summed E-state index contributed by atoms with van der Waals surface area (Å²) in [6.45, 7) is 0.680. The van der Waals surface area contributed by atoms with Gasteiger partial charge in [0.25, 0.3) is 5.91 Å². The van der Waals surface area contributed by atoms with Gasteiger partial charge in [-0.3, -0.25) is 4.79 Å². The molecule has 0 radical (unpaired) electrons. The molecule has 1 aromatic carbocycles. The molecule has 0 N–H and O–H groups in total. The van der Waals surface area contributed by atoms with Crippen molar-refractivity contribution in [1.29, 1.82) is 0 Å². The summed E-state index contributed by atoms with van der Waals surface area (Å²) in [5.41, 5.74) is 0.468. The van der Waals surface area contributed by atoms with Crippen molar-refractivity contribution in [3.63, 3.8) is 0 Å². The SMILES string of the molecule is CSCCN(C)C(=O)c1ccc(F)c(S)c1. The molecule has 16 heavy (non-hydrogen) atoms. The topological polar surface area (TPSA) is 20.3 Å². The van der Waals surface area contributed by atoms with Gasteiger partial charge in [-0.05, 0) is 24.5 Å². The van der Waals surface area contributed by atoms with Crippen molar-refractivity contribution < 1.29 is 9.18 Å². The van der Waals surface area contributed by atoms with Crippen LogP contribution in [-0.4, -0.2) is 36.4 Å². The Hall–Kier alpha value is -0.680. The van der Waals surface area contributed by atoms with Gasteiger partial charge in [0.05, 0.1) is 0 Å². The van der Waals surface area contributed by atoms with Gasteiger partial charge < -0.3 is 4.90 Å². The molecular weight excluding hydrogens is 245 g/mol. The van der Waals surface area contributed by atoms with Gasteiger partial charge in [0, 0.05) is 29.8 Å². The molecule has 1 rings (SSSR count). The normalized spacial score (nSPS) is 10.2. The molecule has 0 spiro atoms. The predicted molar refractivity (Wildman–Crippen MR) is 69.0 cm³/mol. The summed E-state index contributed by atoms with van der Waals surface area (Å²) in [6.07, 6.45) is 1.99. The molecule has 0 heterocycles. The van der Waals surface area contributed by atoms with Crippen LogP contribution >= 0.6 is 24.4 Å². The van der Waals surface area contributed by atoms with Crippen molar-refractivity contribution in [3.05, 3.63) is 29.6 Å². The van der Waals surface area contributed by atoms with Crippen molar-refractivity contribution in [1.82, 2.24) is 4.90 Å². The quantitative estimate of drug-likeness (QED) is 0.839. The fourth-order valence-electron chi connectivity index (χ4n) is 1.20. The highest BCUT2D eigenvalue weighted by Crippen LogP contribution is 2.15. The molecule has 0 aliphatic rings. The number of carbonyl (C=O) groups excluding carboxylic acids is 1. The van der Waals surface area contributed by atoms with Crippen molar-refractivity contribution in [3.8, 4) is 0 Å². The molecule has 5 heteroatoms. The smallest absolute Gasteiger partial charge is 0.253 e. The molecule has 1 amide bonds. The number of thioether (sulfide) groups is 1. The van der Waals surface area contributed by atoms with Crippen LogP contribution in [0, 0.1) is 5.82 Å². The van der Waals surface area contributed by atoms with Crippen LogP contribution in [0.25, 0.3) is 0 Å². The zero-order valence-corrected chi connectivity index (χ0v) is 10.9. The van der Waals surface area contributed by atoms with Crippen LogP contribution in [0.1, 0.15) is 10.4 Å². The van der Waals surface area contributed by atoms with Gasteiger partial charge in [0.2, 0.25) is 0 Å². The van der Waals surface area contributed by atoms with Crippen LogP contribution < -0.4 is 0 Å². The van der Waals surface area contributed by atoms with Crippen LogP contribution in [0.15, 0.2) is 23.1 Å². The lowest BCUT2D eigenvalue weighted by molar-refractivity contribution is 0.0803. The summed E-state index contributed by atoms with van der Waals surface area (Å²) >= 11 is 5.63. The van der Waals surface area contributed by atoms with Crippen molar-refractivity contribution >= 4 is 30.3 Å². The fraction of sp³-hybridized carbons (Fsp3) is 0.364. The first kappa shape index (κ1) is 13.4. The maximum Gasteiger partial charge on any atom is 0.253 e. The largest absolute Gasteiger partial charge is 0.341 e.